The molecule has 0 aromatic carbocycles. The molecule has 6 nitrogen and oxygen atoms in total. The molecule has 0 saturated carbocycles. The highest BCUT2D eigenvalue weighted by atomic mass is 31.2. The van der Waals surface area contributed by atoms with E-state index in [2.05, 4.69) is 12.0 Å². The molecule has 0 radical (unpaired) electrons. The Morgan fingerprint density at radius 3 is 2.00 bits per heavy atom. The zero-order valence-corrected chi connectivity index (χ0v) is 13.9. The monoisotopic (exact) mass is 311 g/mol. The third-order valence-electron chi connectivity index (χ3n) is 2.60. The Morgan fingerprint density at radius 2 is 1.50 bits per heavy atom. The van der Waals surface area contributed by atoms with E-state index in [0.717, 1.165) is 13.0 Å². The normalized spacial score (nSPS) is 14.7. The van der Waals surface area contributed by atoms with Crippen molar-refractivity contribution in [1.29, 1.82) is 0 Å². The molecule has 2 N–H and O–H groups in total. The van der Waals surface area contributed by atoms with E-state index >= 15 is 0 Å². The van der Waals surface area contributed by atoms with E-state index in [1.165, 1.54) is 0 Å². The van der Waals surface area contributed by atoms with Gasteiger partial charge in [0.25, 0.3) is 7.52 Å². The van der Waals surface area contributed by atoms with Gasteiger partial charge < -0.3 is 19.1 Å². The van der Waals surface area contributed by atoms with Gasteiger partial charge in [0.15, 0.2) is 0 Å². The first kappa shape index (κ1) is 20.0. The molecule has 0 aliphatic heterocycles. The molecule has 122 valence electrons. The minimum atomic E-state index is -3.19. The van der Waals surface area contributed by atoms with E-state index in [-0.39, 0.29) is 5.66 Å². The number of rotatable bonds is 14. The third kappa shape index (κ3) is 11.8. The quantitative estimate of drug-likeness (QED) is 0.377. The third-order valence-corrected chi connectivity index (χ3v) is 4.67. The predicted molar refractivity (Wildman–Crippen MR) is 80.3 cm³/mol. The lowest BCUT2D eigenvalue weighted by molar-refractivity contribution is 0.0144. The lowest BCUT2D eigenvalue weighted by Gasteiger charge is -2.16. The summed E-state index contributed by atoms with van der Waals surface area (Å²) in [6.07, 6.45) is 1.73. The largest absolute Gasteiger partial charge is 0.379 e. The van der Waals surface area contributed by atoms with Gasteiger partial charge in [-0.05, 0) is 12.8 Å². The maximum Gasteiger partial charge on any atom is 0.269 e. The van der Waals surface area contributed by atoms with Crippen LogP contribution in [0.2, 0.25) is 0 Å². The Bertz CT molecular complexity index is 263. The summed E-state index contributed by atoms with van der Waals surface area (Å²) in [4.78, 5) is 9.52. The summed E-state index contributed by atoms with van der Waals surface area (Å²) in [6, 6.07) is 0. The summed E-state index contributed by atoms with van der Waals surface area (Å²) in [5.41, 5.74) is -0.258. The van der Waals surface area contributed by atoms with Gasteiger partial charge in [-0.3, -0.25) is 4.57 Å². The molecule has 0 aliphatic rings. The highest BCUT2D eigenvalue weighted by Crippen LogP contribution is 2.40. The number of hydrogen-bond donors (Lipinski definition) is 2. The van der Waals surface area contributed by atoms with Gasteiger partial charge in [-0.1, -0.05) is 20.8 Å². The number of nitrogens with one attached hydrogen (secondary N) is 1. The van der Waals surface area contributed by atoms with Crippen molar-refractivity contribution >= 4 is 7.52 Å². The molecule has 0 amide bonds. The van der Waals surface area contributed by atoms with Crippen LogP contribution in [0, 0.1) is 0 Å². The maximum absolute atomic E-state index is 11.6. The predicted octanol–water partition coefficient (Wildman–Crippen LogP) is 2.02. The summed E-state index contributed by atoms with van der Waals surface area (Å²) in [5.74, 6) is 0. The van der Waals surface area contributed by atoms with E-state index in [0.29, 0.717) is 46.0 Å². The van der Waals surface area contributed by atoms with Crippen molar-refractivity contribution in [2.24, 2.45) is 0 Å². The van der Waals surface area contributed by atoms with Crippen molar-refractivity contribution in [3.8, 4) is 0 Å². The molecule has 20 heavy (non-hydrogen) atoms. The van der Waals surface area contributed by atoms with E-state index < -0.39 is 7.52 Å². The molecule has 0 rings (SSSR count). The highest BCUT2D eigenvalue weighted by molar-refractivity contribution is 7.56. The lowest BCUT2D eigenvalue weighted by Crippen LogP contribution is -2.19. The summed E-state index contributed by atoms with van der Waals surface area (Å²) < 4.78 is 27.5. The average Bonchev–Trinajstić information content (AvgIpc) is 2.39. The van der Waals surface area contributed by atoms with Crippen LogP contribution in [-0.4, -0.2) is 56.7 Å². The molecule has 0 bridgehead atoms. The fourth-order valence-corrected chi connectivity index (χ4v) is 2.13. The Labute approximate surface area is 122 Å². The topological polar surface area (TPSA) is 77.0 Å². The lowest BCUT2D eigenvalue weighted by atomic mass is 10.5. The van der Waals surface area contributed by atoms with Crippen LogP contribution < -0.4 is 5.09 Å². The van der Waals surface area contributed by atoms with Gasteiger partial charge in [0.05, 0.1) is 26.4 Å². The van der Waals surface area contributed by atoms with Crippen molar-refractivity contribution in [3.05, 3.63) is 0 Å². The standard InChI is InChI=1S/C13H30NO5P/c1-4-7-17-9-11-19-12-10-18-8-5-6-14-20(15,16)13(2)3/h13H,4-12H2,1-3H3,(H2,14,15,16). The molecular weight excluding hydrogens is 281 g/mol. The molecule has 1 atom stereocenters. The molecule has 0 aromatic rings. The molecule has 0 fully saturated rings. The molecule has 0 saturated heterocycles. The van der Waals surface area contributed by atoms with Crippen molar-refractivity contribution in [2.75, 3.05) is 46.2 Å². The summed E-state index contributed by atoms with van der Waals surface area (Å²) in [7, 11) is -3.19. The minimum absolute atomic E-state index is 0.258. The van der Waals surface area contributed by atoms with E-state index in [1.54, 1.807) is 13.8 Å². The van der Waals surface area contributed by atoms with Crippen LogP contribution in [-0.2, 0) is 18.8 Å². The molecule has 0 heterocycles. The minimum Gasteiger partial charge on any atom is -0.379 e. The van der Waals surface area contributed by atoms with E-state index in [4.69, 9.17) is 14.2 Å². The first-order valence-corrected chi connectivity index (χ1v) is 9.04. The molecular formula is C13H30NO5P. The second-order valence-electron chi connectivity index (χ2n) is 4.82. The highest BCUT2D eigenvalue weighted by Gasteiger charge is 2.21. The van der Waals surface area contributed by atoms with Gasteiger partial charge in [0, 0.05) is 25.4 Å². The van der Waals surface area contributed by atoms with Crippen LogP contribution in [0.5, 0.6) is 0 Å². The second-order valence-corrected chi connectivity index (χ2v) is 7.41. The number of hydrogen-bond acceptors (Lipinski definition) is 4. The Morgan fingerprint density at radius 1 is 1.00 bits per heavy atom. The molecule has 0 spiro atoms. The van der Waals surface area contributed by atoms with Crippen molar-refractivity contribution in [3.63, 3.8) is 0 Å². The van der Waals surface area contributed by atoms with Gasteiger partial charge in [0.2, 0.25) is 0 Å². The molecule has 0 aliphatic carbocycles. The zero-order valence-electron chi connectivity index (χ0n) is 13.0. The van der Waals surface area contributed by atoms with Crippen molar-refractivity contribution < 1.29 is 23.7 Å². The first-order chi connectivity index (χ1) is 9.50. The van der Waals surface area contributed by atoms with Gasteiger partial charge in [0.1, 0.15) is 0 Å². The molecule has 1 unspecified atom stereocenters. The summed E-state index contributed by atoms with van der Waals surface area (Å²) >= 11 is 0. The van der Waals surface area contributed by atoms with E-state index in [1.807, 2.05) is 0 Å². The van der Waals surface area contributed by atoms with Crippen LogP contribution >= 0.6 is 7.52 Å². The van der Waals surface area contributed by atoms with Crippen molar-refractivity contribution in [1.82, 2.24) is 5.09 Å². The van der Waals surface area contributed by atoms with Crippen LogP contribution in [0.1, 0.15) is 33.6 Å². The fraction of sp³-hybridized carbons (Fsp3) is 1.00. The van der Waals surface area contributed by atoms with Crippen LogP contribution in [0.3, 0.4) is 0 Å². The Balaban J connectivity index is 3.19. The smallest absolute Gasteiger partial charge is 0.269 e. The number of ether oxygens (including phenoxy) is 3. The average molecular weight is 311 g/mol. The molecule has 0 aromatic heterocycles. The Hall–Kier alpha value is 0.0300. The van der Waals surface area contributed by atoms with Gasteiger partial charge in [-0.15, -0.1) is 0 Å². The van der Waals surface area contributed by atoms with Gasteiger partial charge >= 0.3 is 0 Å². The SMILES string of the molecule is CCCOCCOCCOCCCNP(=O)(O)C(C)C. The maximum atomic E-state index is 11.6. The van der Waals surface area contributed by atoms with Crippen molar-refractivity contribution in [2.45, 2.75) is 39.3 Å². The van der Waals surface area contributed by atoms with Gasteiger partial charge in [-0.25, -0.2) is 5.09 Å². The zero-order chi connectivity index (χ0) is 15.3. The Kier molecular flexibility index (Phi) is 12.8. The second kappa shape index (κ2) is 12.7. The van der Waals surface area contributed by atoms with Gasteiger partial charge in [-0.2, -0.15) is 0 Å². The fourth-order valence-electron chi connectivity index (χ4n) is 1.28. The van der Waals surface area contributed by atoms with Crippen LogP contribution in [0.4, 0.5) is 0 Å². The summed E-state index contributed by atoms with van der Waals surface area (Å²) in [5, 5.41) is 2.67. The van der Waals surface area contributed by atoms with E-state index in [9.17, 15) is 9.46 Å². The summed E-state index contributed by atoms with van der Waals surface area (Å²) in [6.45, 7) is 9.64. The van der Waals surface area contributed by atoms with Crippen LogP contribution in [0.15, 0.2) is 0 Å². The molecule has 7 heteroatoms. The first-order valence-electron chi connectivity index (χ1n) is 7.31. The van der Waals surface area contributed by atoms with Crippen LogP contribution in [0.25, 0.3) is 0 Å².